The largest absolute Gasteiger partial charge is 0.332 e. The minimum atomic E-state index is -0.0305. The van der Waals surface area contributed by atoms with Gasteiger partial charge in [0.2, 0.25) is 0 Å². The van der Waals surface area contributed by atoms with E-state index in [1.807, 2.05) is 11.8 Å². The van der Waals surface area contributed by atoms with Crippen molar-refractivity contribution in [3.63, 3.8) is 0 Å². The molecule has 1 aromatic heterocycles. The van der Waals surface area contributed by atoms with Crippen molar-refractivity contribution >= 4 is 5.91 Å². The van der Waals surface area contributed by atoms with Crippen molar-refractivity contribution in [2.45, 2.75) is 13.0 Å². The minimum absolute atomic E-state index is 0.0305. The van der Waals surface area contributed by atoms with Gasteiger partial charge in [0.05, 0.1) is 12.2 Å². The first kappa shape index (κ1) is 10.1. The Hall–Kier alpha value is -1.43. The zero-order valence-electron chi connectivity index (χ0n) is 8.97. The maximum Gasteiger partial charge on any atom is 0.276 e. The number of amides is 1. The Morgan fingerprint density at radius 2 is 2.47 bits per heavy atom. The van der Waals surface area contributed by atoms with Gasteiger partial charge in [-0.1, -0.05) is 5.21 Å². The van der Waals surface area contributed by atoms with E-state index in [4.69, 9.17) is 0 Å². The Kier molecular flexibility index (Phi) is 2.68. The molecule has 0 unspecified atom stereocenters. The summed E-state index contributed by atoms with van der Waals surface area (Å²) in [5, 5.41) is 10.7. The quantitative estimate of drug-likeness (QED) is 0.711. The minimum Gasteiger partial charge on any atom is -0.332 e. The van der Waals surface area contributed by atoms with Crippen LogP contribution in [0.15, 0.2) is 6.20 Å². The molecule has 0 aromatic carbocycles. The van der Waals surface area contributed by atoms with Crippen LogP contribution in [0.1, 0.15) is 17.4 Å². The molecule has 0 bridgehead atoms. The van der Waals surface area contributed by atoms with Crippen molar-refractivity contribution in [2.75, 3.05) is 19.6 Å². The number of rotatable bonds is 3. The zero-order chi connectivity index (χ0) is 10.8. The van der Waals surface area contributed by atoms with Crippen LogP contribution in [-0.4, -0.2) is 51.5 Å². The van der Waals surface area contributed by atoms with Gasteiger partial charge in [-0.25, -0.2) is 0 Å². The topological polar surface area (TPSA) is 63.1 Å². The molecule has 0 atom stereocenters. The lowest BCUT2D eigenvalue weighted by Crippen LogP contribution is -2.58. The van der Waals surface area contributed by atoms with Crippen molar-refractivity contribution in [1.29, 1.82) is 0 Å². The number of aryl methyl sites for hydroxylation is 1. The van der Waals surface area contributed by atoms with Crippen LogP contribution in [0.5, 0.6) is 0 Å². The Balaban J connectivity index is 2.10. The van der Waals surface area contributed by atoms with Crippen LogP contribution >= 0.6 is 0 Å². The number of nitrogens with one attached hydrogen (secondary N) is 1. The van der Waals surface area contributed by atoms with Crippen molar-refractivity contribution in [3.05, 3.63) is 11.9 Å². The van der Waals surface area contributed by atoms with Crippen molar-refractivity contribution in [3.8, 4) is 0 Å². The van der Waals surface area contributed by atoms with Crippen molar-refractivity contribution in [1.82, 2.24) is 25.2 Å². The smallest absolute Gasteiger partial charge is 0.276 e. The van der Waals surface area contributed by atoms with E-state index in [1.54, 1.807) is 17.9 Å². The molecule has 0 aliphatic carbocycles. The lowest BCUT2D eigenvalue weighted by molar-refractivity contribution is 0.0624. The lowest BCUT2D eigenvalue weighted by atomic mass is 10.1. The fourth-order valence-electron chi connectivity index (χ4n) is 1.65. The third-order valence-corrected chi connectivity index (χ3v) is 2.62. The molecule has 82 valence electrons. The number of carbonyl (C=O) groups is 1. The van der Waals surface area contributed by atoms with Crippen LogP contribution in [0.3, 0.4) is 0 Å². The van der Waals surface area contributed by atoms with E-state index < -0.39 is 0 Å². The predicted molar refractivity (Wildman–Crippen MR) is 54.4 cm³/mol. The van der Waals surface area contributed by atoms with E-state index in [-0.39, 0.29) is 5.91 Å². The summed E-state index contributed by atoms with van der Waals surface area (Å²) in [5.74, 6) is -0.0305. The van der Waals surface area contributed by atoms with E-state index in [9.17, 15) is 4.79 Å². The van der Waals surface area contributed by atoms with Crippen LogP contribution in [0, 0.1) is 0 Å². The average molecular weight is 209 g/mol. The van der Waals surface area contributed by atoms with Crippen LogP contribution in [0.2, 0.25) is 0 Å². The molecule has 1 N–H and O–H groups in total. The van der Waals surface area contributed by atoms with Crippen molar-refractivity contribution < 1.29 is 4.79 Å². The first-order valence-electron chi connectivity index (χ1n) is 5.10. The number of likely N-dealkylation sites (N-methyl/N-ethyl adjacent to an activating group) is 1. The van der Waals surface area contributed by atoms with Crippen molar-refractivity contribution in [2.24, 2.45) is 7.05 Å². The van der Waals surface area contributed by atoms with Crippen LogP contribution in [-0.2, 0) is 7.05 Å². The lowest BCUT2D eigenvalue weighted by Gasteiger charge is -2.37. The highest BCUT2D eigenvalue weighted by Gasteiger charge is 2.29. The van der Waals surface area contributed by atoms with Gasteiger partial charge >= 0.3 is 0 Å². The summed E-state index contributed by atoms with van der Waals surface area (Å²) in [6.45, 7) is 4.44. The normalized spacial score (nSPS) is 16.1. The van der Waals surface area contributed by atoms with Gasteiger partial charge in [0.1, 0.15) is 0 Å². The zero-order valence-corrected chi connectivity index (χ0v) is 8.97. The molecule has 15 heavy (non-hydrogen) atoms. The maximum absolute atomic E-state index is 12.0. The van der Waals surface area contributed by atoms with Crippen LogP contribution in [0.4, 0.5) is 0 Å². The molecule has 2 rings (SSSR count). The summed E-state index contributed by atoms with van der Waals surface area (Å²) in [6.07, 6.45) is 1.65. The number of aromatic nitrogens is 3. The van der Waals surface area contributed by atoms with Gasteiger partial charge in [0.15, 0.2) is 5.69 Å². The Labute approximate surface area is 88.2 Å². The molecular weight excluding hydrogens is 194 g/mol. The fourth-order valence-corrected chi connectivity index (χ4v) is 1.65. The summed E-state index contributed by atoms with van der Waals surface area (Å²) in [6, 6.07) is 0.310. The van der Waals surface area contributed by atoms with Crippen LogP contribution in [0.25, 0.3) is 0 Å². The van der Waals surface area contributed by atoms with Gasteiger partial charge in [-0.15, -0.1) is 5.10 Å². The molecule has 2 heterocycles. The summed E-state index contributed by atoms with van der Waals surface area (Å²) in [5.41, 5.74) is 0.422. The molecule has 1 aromatic rings. The molecule has 1 aliphatic rings. The van der Waals surface area contributed by atoms with E-state index >= 15 is 0 Å². The second kappa shape index (κ2) is 3.98. The second-order valence-electron chi connectivity index (χ2n) is 3.68. The predicted octanol–water partition coefficient (Wildman–Crippen LogP) is -0.751. The van der Waals surface area contributed by atoms with Gasteiger partial charge in [-0.05, 0) is 6.92 Å². The van der Waals surface area contributed by atoms with Gasteiger partial charge in [-0.3, -0.25) is 9.48 Å². The molecule has 1 aliphatic heterocycles. The molecular formula is C9H15N5O. The summed E-state index contributed by atoms with van der Waals surface area (Å²) in [7, 11) is 1.75. The first-order valence-corrected chi connectivity index (χ1v) is 5.10. The number of hydrogen-bond donors (Lipinski definition) is 1. The highest BCUT2D eigenvalue weighted by atomic mass is 16.2. The van der Waals surface area contributed by atoms with Crippen LogP contribution < -0.4 is 5.32 Å². The van der Waals surface area contributed by atoms with E-state index in [2.05, 4.69) is 15.6 Å². The molecule has 0 saturated carbocycles. The number of nitrogens with zero attached hydrogens (tertiary/aromatic N) is 4. The molecule has 6 nitrogen and oxygen atoms in total. The standard InChI is InChI=1S/C9H15N5O/c1-3-14(7-4-10-5-7)9(15)8-6-13(2)12-11-8/h6-7,10H,3-5H2,1-2H3. The Morgan fingerprint density at radius 1 is 1.73 bits per heavy atom. The summed E-state index contributed by atoms with van der Waals surface area (Å²) < 4.78 is 1.54. The van der Waals surface area contributed by atoms with E-state index in [0.29, 0.717) is 18.3 Å². The Bertz CT molecular complexity index is 357. The van der Waals surface area contributed by atoms with Gasteiger partial charge in [0.25, 0.3) is 5.91 Å². The monoisotopic (exact) mass is 209 g/mol. The van der Waals surface area contributed by atoms with Gasteiger partial charge < -0.3 is 10.2 Å². The molecule has 0 spiro atoms. The average Bonchev–Trinajstić information content (AvgIpc) is 2.57. The summed E-state index contributed by atoms with van der Waals surface area (Å²) >= 11 is 0. The molecule has 6 heteroatoms. The maximum atomic E-state index is 12.0. The highest BCUT2D eigenvalue weighted by molar-refractivity contribution is 5.92. The summed E-state index contributed by atoms with van der Waals surface area (Å²) in [4.78, 5) is 13.8. The number of carbonyl (C=O) groups excluding carboxylic acids is 1. The SMILES string of the molecule is CCN(C(=O)c1cn(C)nn1)C1CNC1. The van der Waals surface area contributed by atoms with E-state index in [1.165, 1.54) is 0 Å². The third-order valence-electron chi connectivity index (χ3n) is 2.62. The Morgan fingerprint density at radius 3 is 2.87 bits per heavy atom. The highest BCUT2D eigenvalue weighted by Crippen LogP contribution is 2.08. The first-order chi connectivity index (χ1) is 7.22. The molecule has 0 radical (unpaired) electrons. The molecule has 1 saturated heterocycles. The second-order valence-corrected chi connectivity index (χ2v) is 3.68. The molecule has 1 amide bonds. The number of hydrogen-bond acceptors (Lipinski definition) is 4. The van der Waals surface area contributed by atoms with Gasteiger partial charge in [-0.2, -0.15) is 0 Å². The van der Waals surface area contributed by atoms with E-state index in [0.717, 1.165) is 13.1 Å². The van der Waals surface area contributed by atoms with Gasteiger partial charge in [0, 0.05) is 26.7 Å². The third kappa shape index (κ3) is 1.85. The molecule has 1 fully saturated rings. The fraction of sp³-hybridized carbons (Fsp3) is 0.667.